The van der Waals surface area contributed by atoms with Crippen LogP contribution in [0.4, 0.5) is 0 Å². The fraction of sp³-hybridized carbons (Fsp3) is 0.150. The van der Waals surface area contributed by atoms with Crippen LogP contribution in [0.1, 0.15) is 17.0 Å². The van der Waals surface area contributed by atoms with Crippen LogP contribution in [-0.2, 0) is 19.7 Å². The molecule has 25 heavy (non-hydrogen) atoms. The third kappa shape index (κ3) is 3.89. The summed E-state index contributed by atoms with van der Waals surface area (Å²) in [6.07, 6.45) is 5.66. The SMILES string of the molecule is c1coc(CNCc2ccc(OCc3cn4ccccc4n3)cc2)c1. The van der Waals surface area contributed by atoms with Crippen molar-refractivity contribution in [1.82, 2.24) is 14.7 Å². The standard InChI is InChI=1S/C20H19N3O2/c1-2-10-23-14-17(22-20(23)5-1)15-25-18-8-6-16(7-9-18)12-21-13-19-4-3-11-24-19/h1-11,14,21H,12-13,15H2. The summed E-state index contributed by atoms with van der Waals surface area (Å²) in [5.74, 6) is 1.78. The van der Waals surface area contributed by atoms with Crippen molar-refractivity contribution in [3.8, 4) is 5.75 Å². The van der Waals surface area contributed by atoms with E-state index in [1.807, 2.05) is 59.3 Å². The van der Waals surface area contributed by atoms with Gasteiger partial charge < -0.3 is 18.9 Å². The van der Waals surface area contributed by atoms with Gasteiger partial charge in [0.25, 0.3) is 0 Å². The Morgan fingerprint density at radius 1 is 1.00 bits per heavy atom. The minimum Gasteiger partial charge on any atom is -0.487 e. The quantitative estimate of drug-likeness (QED) is 0.559. The van der Waals surface area contributed by atoms with E-state index in [0.29, 0.717) is 6.61 Å². The van der Waals surface area contributed by atoms with Gasteiger partial charge in [-0.2, -0.15) is 0 Å². The number of benzene rings is 1. The molecule has 3 aromatic heterocycles. The van der Waals surface area contributed by atoms with Crippen LogP contribution in [0.25, 0.3) is 5.65 Å². The predicted octanol–water partition coefficient (Wildman–Crippen LogP) is 3.80. The molecule has 0 unspecified atom stereocenters. The summed E-state index contributed by atoms with van der Waals surface area (Å²) in [6, 6.07) is 17.9. The first-order chi connectivity index (χ1) is 12.4. The van der Waals surface area contributed by atoms with E-state index in [2.05, 4.69) is 22.4 Å². The molecule has 5 heteroatoms. The van der Waals surface area contributed by atoms with Crippen molar-refractivity contribution in [3.05, 3.63) is 90.3 Å². The molecule has 3 heterocycles. The molecular formula is C20H19N3O2. The lowest BCUT2D eigenvalue weighted by molar-refractivity contribution is 0.302. The number of hydrogen-bond acceptors (Lipinski definition) is 4. The van der Waals surface area contributed by atoms with Gasteiger partial charge in [0.15, 0.2) is 0 Å². The zero-order chi connectivity index (χ0) is 16.9. The van der Waals surface area contributed by atoms with Gasteiger partial charge in [0.1, 0.15) is 23.8 Å². The van der Waals surface area contributed by atoms with E-state index in [0.717, 1.165) is 35.9 Å². The molecule has 0 aliphatic carbocycles. The van der Waals surface area contributed by atoms with Crippen LogP contribution in [-0.4, -0.2) is 9.38 Å². The Hall–Kier alpha value is -3.05. The second-order valence-electron chi connectivity index (χ2n) is 5.81. The lowest BCUT2D eigenvalue weighted by Crippen LogP contribution is -2.11. The average Bonchev–Trinajstić information content (AvgIpc) is 3.30. The maximum absolute atomic E-state index is 5.83. The number of rotatable bonds is 7. The third-order valence-corrected chi connectivity index (χ3v) is 3.93. The molecule has 4 rings (SSSR count). The van der Waals surface area contributed by atoms with E-state index in [1.165, 1.54) is 5.56 Å². The topological polar surface area (TPSA) is 51.7 Å². The molecule has 1 aromatic carbocycles. The Morgan fingerprint density at radius 3 is 2.72 bits per heavy atom. The van der Waals surface area contributed by atoms with Gasteiger partial charge in [-0.25, -0.2) is 4.98 Å². The number of nitrogens with one attached hydrogen (secondary N) is 1. The number of fused-ring (bicyclic) bond motifs is 1. The van der Waals surface area contributed by atoms with Crippen molar-refractivity contribution in [3.63, 3.8) is 0 Å². The van der Waals surface area contributed by atoms with Gasteiger partial charge in [-0.05, 0) is 42.0 Å². The Kier molecular flexibility index (Phi) is 4.48. The summed E-state index contributed by atoms with van der Waals surface area (Å²) >= 11 is 0. The van der Waals surface area contributed by atoms with E-state index in [1.54, 1.807) is 6.26 Å². The van der Waals surface area contributed by atoms with Gasteiger partial charge >= 0.3 is 0 Å². The van der Waals surface area contributed by atoms with Crippen LogP contribution < -0.4 is 10.1 Å². The average molecular weight is 333 g/mol. The van der Waals surface area contributed by atoms with Crippen molar-refractivity contribution in [2.24, 2.45) is 0 Å². The summed E-state index contributed by atoms with van der Waals surface area (Å²) in [5.41, 5.74) is 3.04. The maximum Gasteiger partial charge on any atom is 0.137 e. The first kappa shape index (κ1) is 15.5. The molecule has 0 aliphatic heterocycles. The largest absolute Gasteiger partial charge is 0.487 e. The van der Waals surface area contributed by atoms with Crippen molar-refractivity contribution < 1.29 is 9.15 Å². The highest BCUT2D eigenvalue weighted by Gasteiger charge is 2.02. The first-order valence-corrected chi connectivity index (χ1v) is 8.24. The van der Waals surface area contributed by atoms with Crippen LogP contribution >= 0.6 is 0 Å². The molecule has 0 aliphatic rings. The van der Waals surface area contributed by atoms with E-state index in [4.69, 9.17) is 9.15 Å². The van der Waals surface area contributed by atoms with Crippen LogP contribution in [0.5, 0.6) is 5.75 Å². The highest BCUT2D eigenvalue weighted by Crippen LogP contribution is 2.14. The van der Waals surface area contributed by atoms with Gasteiger partial charge in [0.2, 0.25) is 0 Å². The molecule has 0 radical (unpaired) electrons. The predicted molar refractivity (Wildman–Crippen MR) is 95.2 cm³/mol. The molecule has 126 valence electrons. The summed E-state index contributed by atoms with van der Waals surface area (Å²) < 4.78 is 13.1. The zero-order valence-corrected chi connectivity index (χ0v) is 13.8. The third-order valence-electron chi connectivity index (χ3n) is 3.93. The summed E-state index contributed by atoms with van der Waals surface area (Å²) in [4.78, 5) is 4.53. The van der Waals surface area contributed by atoms with Crippen molar-refractivity contribution in [1.29, 1.82) is 0 Å². The monoisotopic (exact) mass is 333 g/mol. The zero-order valence-electron chi connectivity index (χ0n) is 13.8. The first-order valence-electron chi connectivity index (χ1n) is 8.24. The summed E-state index contributed by atoms with van der Waals surface area (Å²) in [6.45, 7) is 1.96. The lowest BCUT2D eigenvalue weighted by Gasteiger charge is -2.06. The minimum atomic E-state index is 0.456. The molecule has 4 aromatic rings. The Bertz CT molecular complexity index is 894. The second-order valence-corrected chi connectivity index (χ2v) is 5.81. The van der Waals surface area contributed by atoms with E-state index in [9.17, 15) is 0 Å². The molecule has 0 fully saturated rings. The second kappa shape index (κ2) is 7.23. The Balaban J connectivity index is 1.29. The lowest BCUT2D eigenvalue weighted by atomic mass is 10.2. The number of pyridine rings is 1. The molecule has 1 N–H and O–H groups in total. The fourth-order valence-corrected chi connectivity index (χ4v) is 2.66. The molecular weight excluding hydrogens is 314 g/mol. The number of aromatic nitrogens is 2. The molecule has 0 bridgehead atoms. The molecule has 0 atom stereocenters. The highest BCUT2D eigenvalue weighted by atomic mass is 16.5. The maximum atomic E-state index is 5.83. The summed E-state index contributed by atoms with van der Waals surface area (Å²) in [7, 11) is 0. The number of furan rings is 1. The number of ether oxygens (including phenoxy) is 1. The van der Waals surface area contributed by atoms with E-state index < -0.39 is 0 Å². The highest BCUT2D eigenvalue weighted by molar-refractivity contribution is 5.39. The number of imidazole rings is 1. The molecule has 0 saturated carbocycles. The molecule has 0 saturated heterocycles. The van der Waals surface area contributed by atoms with Crippen molar-refractivity contribution in [2.45, 2.75) is 19.7 Å². The molecule has 0 amide bonds. The van der Waals surface area contributed by atoms with Crippen LogP contribution in [0.2, 0.25) is 0 Å². The van der Waals surface area contributed by atoms with Gasteiger partial charge in [-0.3, -0.25) is 0 Å². The van der Waals surface area contributed by atoms with Gasteiger partial charge in [-0.1, -0.05) is 18.2 Å². The fourth-order valence-electron chi connectivity index (χ4n) is 2.66. The smallest absolute Gasteiger partial charge is 0.137 e. The van der Waals surface area contributed by atoms with Crippen LogP contribution in [0.15, 0.2) is 77.7 Å². The van der Waals surface area contributed by atoms with E-state index in [-0.39, 0.29) is 0 Å². The Labute approximate surface area is 145 Å². The van der Waals surface area contributed by atoms with Gasteiger partial charge in [0, 0.05) is 18.9 Å². The van der Waals surface area contributed by atoms with Gasteiger partial charge in [-0.15, -0.1) is 0 Å². The molecule has 5 nitrogen and oxygen atoms in total. The van der Waals surface area contributed by atoms with E-state index >= 15 is 0 Å². The normalized spacial score (nSPS) is 11.0. The van der Waals surface area contributed by atoms with Crippen LogP contribution in [0.3, 0.4) is 0 Å². The van der Waals surface area contributed by atoms with Gasteiger partial charge in [0.05, 0.1) is 18.5 Å². The minimum absolute atomic E-state index is 0.456. The summed E-state index contributed by atoms with van der Waals surface area (Å²) in [5, 5.41) is 3.35. The van der Waals surface area contributed by atoms with Crippen LogP contribution in [0, 0.1) is 0 Å². The Morgan fingerprint density at radius 2 is 1.92 bits per heavy atom. The van der Waals surface area contributed by atoms with Crippen molar-refractivity contribution >= 4 is 5.65 Å². The molecule has 0 spiro atoms. The number of hydrogen-bond donors (Lipinski definition) is 1. The van der Waals surface area contributed by atoms with Crippen molar-refractivity contribution in [2.75, 3.05) is 0 Å². The number of nitrogens with zero attached hydrogens (tertiary/aromatic N) is 2.